The van der Waals surface area contributed by atoms with E-state index in [0.717, 1.165) is 0 Å². The number of para-hydroxylation sites is 1. The van der Waals surface area contributed by atoms with Crippen molar-refractivity contribution in [2.24, 2.45) is 10.9 Å². The number of fused-ring (bicyclic) bond motifs is 1. The molecule has 120 valence electrons. The first-order valence-electron chi connectivity index (χ1n) is 6.59. The lowest BCUT2D eigenvalue weighted by atomic mass is 9.72. The predicted molar refractivity (Wildman–Crippen MR) is 78.4 cm³/mol. The highest BCUT2D eigenvalue weighted by Crippen LogP contribution is 2.30. The first kappa shape index (κ1) is 16.4. The van der Waals surface area contributed by atoms with Gasteiger partial charge in [-0.15, -0.1) is 4.91 Å². The van der Waals surface area contributed by atoms with Crippen LogP contribution in [0.3, 0.4) is 0 Å². The summed E-state index contributed by atoms with van der Waals surface area (Å²) in [7, 11) is -1.43. The summed E-state index contributed by atoms with van der Waals surface area (Å²) in [6, 6.07) is 3.66. The van der Waals surface area contributed by atoms with Crippen LogP contribution in [0.4, 0.5) is 4.79 Å². The molecule has 0 bridgehead atoms. The van der Waals surface area contributed by atoms with Crippen molar-refractivity contribution in [3.05, 3.63) is 34.2 Å². The first-order chi connectivity index (χ1) is 10.9. The molecule has 0 spiro atoms. The van der Waals surface area contributed by atoms with Gasteiger partial charge in [-0.25, -0.2) is 4.79 Å². The van der Waals surface area contributed by atoms with E-state index >= 15 is 0 Å². The number of rotatable bonds is 4. The molecule has 0 fully saturated rings. The first-order valence-corrected chi connectivity index (χ1v) is 6.59. The van der Waals surface area contributed by atoms with Gasteiger partial charge in [-0.2, -0.15) is 0 Å². The summed E-state index contributed by atoms with van der Waals surface area (Å²) in [5.41, 5.74) is 5.32. The van der Waals surface area contributed by atoms with E-state index in [-0.39, 0.29) is 24.3 Å². The standard InChI is InChI=1S/C12H13BN4O6/c14-12(20)15-5-9(18)16-8-4-6-2-1-3-7(11(19)17-22)10(6)23-13(8)21/h1-3,8,21H,4-5H2,(H,16,18)(H3,14,15,20)/t8-/m0/s1. The number of hydrogen-bond acceptors (Lipinski definition) is 6. The van der Waals surface area contributed by atoms with Crippen LogP contribution in [0.1, 0.15) is 15.9 Å². The molecule has 11 heteroatoms. The van der Waals surface area contributed by atoms with Gasteiger partial charge >= 0.3 is 19.1 Å². The fourth-order valence-electron chi connectivity index (χ4n) is 2.19. The molecule has 1 heterocycles. The summed E-state index contributed by atoms with van der Waals surface area (Å²) in [4.78, 5) is 44.0. The molecule has 4 amide bonds. The molecule has 0 saturated carbocycles. The summed E-state index contributed by atoms with van der Waals surface area (Å²) < 4.78 is 5.23. The average Bonchev–Trinajstić information content (AvgIpc) is 2.52. The van der Waals surface area contributed by atoms with Crippen LogP contribution in [0.2, 0.25) is 0 Å². The largest absolute Gasteiger partial charge is 0.547 e. The molecule has 0 aromatic heterocycles. The monoisotopic (exact) mass is 320 g/mol. The highest BCUT2D eigenvalue weighted by atomic mass is 16.5. The highest BCUT2D eigenvalue weighted by Gasteiger charge is 2.37. The summed E-state index contributed by atoms with van der Waals surface area (Å²) in [5, 5.41) is 16.9. The Kier molecular flexibility index (Phi) is 4.91. The maximum Gasteiger partial charge on any atom is 0.547 e. The van der Waals surface area contributed by atoms with E-state index in [9.17, 15) is 24.3 Å². The van der Waals surface area contributed by atoms with Crippen LogP contribution in [0.25, 0.3) is 0 Å². The van der Waals surface area contributed by atoms with Crippen LogP contribution in [0, 0.1) is 4.91 Å². The minimum atomic E-state index is -1.43. The van der Waals surface area contributed by atoms with Crippen molar-refractivity contribution in [3.8, 4) is 5.75 Å². The number of nitroso groups, excluding NO2 is 1. The van der Waals surface area contributed by atoms with E-state index in [2.05, 4.69) is 15.8 Å². The normalized spacial score (nSPS) is 15.9. The van der Waals surface area contributed by atoms with Gasteiger partial charge in [-0.3, -0.25) is 9.59 Å². The van der Waals surface area contributed by atoms with Gasteiger partial charge in [0.2, 0.25) is 5.91 Å². The number of nitrogens with two attached hydrogens (primary N) is 1. The molecule has 10 nitrogen and oxygen atoms in total. The third-order valence-corrected chi connectivity index (χ3v) is 3.20. The van der Waals surface area contributed by atoms with Gasteiger partial charge in [0, 0.05) is 5.18 Å². The summed E-state index contributed by atoms with van der Waals surface area (Å²) in [6.45, 7) is -0.348. The Morgan fingerprint density at radius 2 is 2.17 bits per heavy atom. The van der Waals surface area contributed by atoms with Crippen molar-refractivity contribution in [3.63, 3.8) is 0 Å². The van der Waals surface area contributed by atoms with Crippen molar-refractivity contribution in [1.29, 1.82) is 0 Å². The van der Waals surface area contributed by atoms with Gasteiger partial charge in [0.1, 0.15) is 5.75 Å². The lowest BCUT2D eigenvalue weighted by molar-refractivity contribution is -0.120. The Morgan fingerprint density at radius 1 is 1.43 bits per heavy atom. The molecule has 1 aliphatic heterocycles. The van der Waals surface area contributed by atoms with Gasteiger partial charge in [0.05, 0.1) is 18.0 Å². The fraction of sp³-hybridized carbons (Fsp3) is 0.250. The minimum absolute atomic E-state index is 0.0586. The lowest BCUT2D eigenvalue weighted by Gasteiger charge is -2.28. The smallest absolute Gasteiger partial charge is 0.534 e. The zero-order valence-corrected chi connectivity index (χ0v) is 11.8. The Balaban J connectivity index is 2.12. The fourth-order valence-corrected chi connectivity index (χ4v) is 2.19. The number of primary amides is 1. The van der Waals surface area contributed by atoms with Gasteiger partial charge in [0.25, 0.3) is 0 Å². The summed E-state index contributed by atoms with van der Waals surface area (Å²) >= 11 is 0. The number of carbonyl (C=O) groups excluding carboxylic acids is 3. The number of hydrogen-bond donors (Lipinski definition) is 4. The Labute approximate surface area is 130 Å². The molecule has 0 aliphatic carbocycles. The molecule has 5 N–H and O–H groups in total. The predicted octanol–water partition coefficient (Wildman–Crippen LogP) is -1.30. The van der Waals surface area contributed by atoms with Crippen LogP contribution in [-0.2, 0) is 11.2 Å². The minimum Gasteiger partial charge on any atom is -0.534 e. The second-order valence-corrected chi connectivity index (χ2v) is 4.79. The van der Waals surface area contributed by atoms with Gasteiger partial charge in [-0.05, 0) is 18.1 Å². The molecule has 2 rings (SSSR count). The average molecular weight is 320 g/mol. The number of nitrogens with zero attached hydrogens (tertiary/aromatic N) is 1. The van der Waals surface area contributed by atoms with Gasteiger partial charge in [-0.1, -0.05) is 12.1 Å². The van der Waals surface area contributed by atoms with E-state index in [1.165, 1.54) is 12.1 Å². The maximum atomic E-state index is 11.6. The summed E-state index contributed by atoms with van der Waals surface area (Å²) in [6.07, 6.45) is 0.165. The zero-order valence-electron chi connectivity index (χ0n) is 11.8. The Hall–Kier alpha value is -2.95. The van der Waals surface area contributed by atoms with Crippen LogP contribution < -0.4 is 21.0 Å². The van der Waals surface area contributed by atoms with E-state index in [4.69, 9.17) is 10.4 Å². The molecule has 1 atom stereocenters. The summed E-state index contributed by atoms with van der Waals surface area (Å²) in [5.74, 6) is -2.31. The molecule has 0 unspecified atom stereocenters. The second-order valence-electron chi connectivity index (χ2n) is 4.79. The zero-order chi connectivity index (χ0) is 17.0. The third-order valence-electron chi connectivity index (χ3n) is 3.20. The van der Waals surface area contributed by atoms with Crippen molar-refractivity contribution < 1.29 is 24.1 Å². The molecular formula is C12H13BN4O6. The molecule has 1 aliphatic rings. The number of benzene rings is 1. The van der Waals surface area contributed by atoms with Crippen LogP contribution in [0.15, 0.2) is 23.4 Å². The topological polar surface area (TPSA) is 160 Å². The number of urea groups is 1. The number of amides is 4. The molecular weight excluding hydrogens is 307 g/mol. The van der Waals surface area contributed by atoms with Crippen LogP contribution >= 0.6 is 0 Å². The van der Waals surface area contributed by atoms with Crippen LogP contribution in [0.5, 0.6) is 5.75 Å². The molecule has 1 aromatic carbocycles. The van der Waals surface area contributed by atoms with Gasteiger partial charge in [0.15, 0.2) is 0 Å². The Morgan fingerprint density at radius 3 is 2.83 bits per heavy atom. The van der Waals surface area contributed by atoms with Crippen LogP contribution in [-0.4, -0.2) is 42.5 Å². The molecule has 0 saturated heterocycles. The molecule has 23 heavy (non-hydrogen) atoms. The van der Waals surface area contributed by atoms with Crippen molar-refractivity contribution in [2.45, 2.75) is 12.4 Å². The maximum absolute atomic E-state index is 11.6. The van der Waals surface area contributed by atoms with E-state index < -0.39 is 30.9 Å². The van der Waals surface area contributed by atoms with Crippen molar-refractivity contribution in [1.82, 2.24) is 10.6 Å². The number of nitrogens with one attached hydrogen (secondary N) is 2. The molecule has 0 radical (unpaired) electrons. The van der Waals surface area contributed by atoms with Crippen molar-refractivity contribution >= 4 is 25.0 Å². The SMILES string of the molecule is NC(=O)NCC(=O)N[C@H]1Cc2cccc(C(=O)N=O)c2OB1O. The second kappa shape index (κ2) is 6.88. The molecule has 1 aromatic rings. The Bertz CT molecular complexity index is 667. The number of carbonyl (C=O) groups is 3. The highest BCUT2D eigenvalue weighted by molar-refractivity contribution is 6.47. The van der Waals surface area contributed by atoms with Crippen molar-refractivity contribution in [2.75, 3.05) is 6.54 Å². The lowest BCUT2D eigenvalue weighted by Crippen LogP contribution is -2.55. The van der Waals surface area contributed by atoms with E-state index in [0.29, 0.717) is 5.56 Å². The van der Waals surface area contributed by atoms with E-state index in [1.807, 2.05) is 0 Å². The quantitative estimate of drug-likeness (QED) is 0.398. The third kappa shape index (κ3) is 3.83. The van der Waals surface area contributed by atoms with Gasteiger partial charge < -0.3 is 26.0 Å². The van der Waals surface area contributed by atoms with E-state index in [1.54, 1.807) is 6.07 Å².